The summed E-state index contributed by atoms with van der Waals surface area (Å²) in [5, 5.41) is 14.3. The van der Waals surface area contributed by atoms with Crippen LogP contribution >= 0.6 is 11.8 Å². The molecule has 0 bridgehead atoms. The summed E-state index contributed by atoms with van der Waals surface area (Å²) >= 11 is 0.981. The number of carboxylic acids is 1. The zero-order valence-corrected chi connectivity index (χ0v) is 19.4. The summed E-state index contributed by atoms with van der Waals surface area (Å²) in [5.74, 6) is -1.80. The minimum atomic E-state index is -1.33. The van der Waals surface area contributed by atoms with E-state index >= 15 is 0 Å². The molecule has 0 fully saturated rings. The summed E-state index contributed by atoms with van der Waals surface area (Å²) in [5.41, 5.74) is 1.54. The maximum Gasteiger partial charge on any atom is 0.408 e. The lowest BCUT2D eigenvalue weighted by Crippen LogP contribution is -2.52. The summed E-state index contributed by atoms with van der Waals surface area (Å²) in [6, 6.07) is 13.0. The fourth-order valence-electron chi connectivity index (χ4n) is 3.02. The van der Waals surface area contributed by atoms with E-state index in [9.17, 15) is 29.1 Å². The highest BCUT2D eigenvalue weighted by molar-refractivity contribution is 8.13. The smallest absolute Gasteiger partial charge is 0.408 e. The molecule has 0 aliphatic carbocycles. The van der Waals surface area contributed by atoms with E-state index in [1.807, 2.05) is 6.07 Å². The number of carbonyl (C=O) groups is 5. The lowest BCUT2D eigenvalue weighted by molar-refractivity contribution is -0.142. The Kier molecular flexibility index (Phi) is 10.8. The van der Waals surface area contributed by atoms with Crippen LogP contribution in [0.5, 0.6) is 0 Å². The van der Waals surface area contributed by atoms with Gasteiger partial charge in [0.25, 0.3) is 0 Å². The number of benzene rings is 2. The first-order valence-electron chi connectivity index (χ1n) is 10.5. The number of thioether (sulfide) groups is 1. The maximum absolute atomic E-state index is 12.9. The Morgan fingerprint density at radius 2 is 1.68 bits per heavy atom. The van der Waals surface area contributed by atoms with Gasteiger partial charge in [-0.25, -0.2) is 9.59 Å². The number of carbonyl (C=O) groups excluding carboxylic acids is 4. The maximum atomic E-state index is 12.9. The monoisotopic (exact) mass is 486 g/mol. The Hall–Kier alpha value is -3.66. The quantitative estimate of drug-likeness (QED) is 0.389. The third-order valence-electron chi connectivity index (χ3n) is 4.75. The van der Waals surface area contributed by atoms with Crippen molar-refractivity contribution >= 4 is 41.1 Å². The molecule has 0 saturated heterocycles. The molecule has 0 aliphatic heterocycles. The number of nitrogens with one attached hydrogen (secondary N) is 2. The van der Waals surface area contributed by atoms with Crippen LogP contribution < -0.4 is 10.6 Å². The number of hydrogen-bond acceptors (Lipinski definition) is 7. The topological polar surface area (TPSA) is 139 Å². The average molecular weight is 487 g/mol. The Bertz CT molecular complexity index is 1010. The highest BCUT2D eigenvalue weighted by Crippen LogP contribution is 2.11. The number of aldehydes is 1. The Morgan fingerprint density at radius 3 is 2.32 bits per heavy atom. The second-order valence-corrected chi connectivity index (χ2v) is 8.58. The molecule has 2 aromatic rings. The van der Waals surface area contributed by atoms with Gasteiger partial charge in [-0.05, 0) is 17.5 Å². The minimum Gasteiger partial charge on any atom is -0.480 e. The molecular formula is C24H26N2O7S. The molecule has 34 heavy (non-hydrogen) atoms. The second-order valence-electron chi connectivity index (χ2n) is 7.31. The molecular weight excluding hydrogens is 460 g/mol. The Balaban J connectivity index is 2.06. The van der Waals surface area contributed by atoms with Gasteiger partial charge in [-0.3, -0.25) is 14.4 Å². The van der Waals surface area contributed by atoms with Crippen molar-refractivity contribution in [2.75, 3.05) is 5.75 Å². The van der Waals surface area contributed by atoms with Gasteiger partial charge in [0.05, 0.1) is 0 Å². The highest BCUT2D eigenvalue weighted by Gasteiger charge is 2.27. The van der Waals surface area contributed by atoms with E-state index in [0.717, 1.165) is 17.3 Å². The molecule has 2 atom stereocenters. The molecule has 2 aromatic carbocycles. The number of hydrogen-bond donors (Lipinski definition) is 3. The molecule has 9 nitrogen and oxygen atoms in total. The van der Waals surface area contributed by atoms with Crippen molar-refractivity contribution in [2.24, 2.45) is 0 Å². The molecule has 0 heterocycles. The number of carboxylic acid groups (broad SMARTS) is 1. The van der Waals surface area contributed by atoms with Crippen LogP contribution in [-0.2, 0) is 32.1 Å². The van der Waals surface area contributed by atoms with E-state index in [2.05, 4.69) is 10.6 Å². The van der Waals surface area contributed by atoms with Gasteiger partial charge in [-0.2, -0.15) is 0 Å². The van der Waals surface area contributed by atoms with Gasteiger partial charge in [0.15, 0.2) is 5.12 Å². The van der Waals surface area contributed by atoms with Gasteiger partial charge >= 0.3 is 12.1 Å². The summed E-state index contributed by atoms with van der Waals surface area (Å²) < 4.78 is 5.16. The third-order valence-corrected chi connectivity index (χ3v) is 5.60. The first-order chi connectivity index (χ1) is 16.3. The number of rotatable bonds is 12. The van der Waals surface area contributed by atoms with Crippen molar-refractivity contribution in [1.29, 1.82) is 0 Å². The van der Waals surface area contributed by atoms with Crippen LogP contribution in [0.15, 0.2) is 54.6 Å². The average Bonchev–Trinajstić information content (AvgIpc) is 2.82. The van der Waals surface area contributed by atoms with E-state index in [4.69, 9.17) is 4.74 Å². The second kappa shape index (κ2) is 13.8. The molecule has 0 aliphatic rings. The van der Waals surface area contributed by atoms with Gasteiger partial charge in [-0.15, -0.1) is 0 Å². The number of amides is 2. The highest BCUT2D eigenvalue weighted by atomic mass is 32.2. The molecule has 3 N–H and O–H groups in total. The van der Waals surface area contributed by atoms with Crippen molar-refractivity contribution < 1.29 is 33.8 Å². The van der Waals surface area contributed by atoms with E-state index in [-0.39, 0.29) is 30.3 Å². The van der Waals surface area contributed by atoms with E-state index in [1.165, 1.54) is 6.92 Å². The van der Waals surface area contributed by atoms with Gasteiger partial charge < -0.3 is 20.5 Å². The Labute approximate surface area is 201 Å². The van der Waals surface area contributed by atoms with Gasteiger partial charge in [0, 0.05) is 24.7 Å². The standard InChI is InChI=1S/C24H26N2O7S/c1-16(28)34-12-11-20(26-24(32)33-15-17-7-3-2-4-8-17)22(29)25-21(23(30)31)13-18-9-5-6-10-19(18)14-27/h2-10,14,20-21H,11-13,15H2,1H3,(H,25,29)(H,26,32)(H,30,31)/t20-,21-/m0/s1. The van der Waals surface area contributed by atoms with Crippen LogP contribution in [0.4, 0.5) is 4.79 Å². The van der Waals surface area contributed by atoms with Gasteiger partial charge in [0.1, 0.15) is 25.0 Å². The molecule has 2 amide bonds. The lowest BCUT2D eigenvalue weighted by atomic mass is 10.0. The zero-order valence-electron chi connectivity index (χ0n) is 18.6. The van der Waals surface area contributed by atoms with E-state index in [0.29, 0.717) is 17.4 Å². The predicted molar refractivity (Wildman–Crippen MR) is 126 cm³/mol. The van der Waals surface area contributed by atoms with Crippen LogP contribution in [0.1, 0.15) is 34.8 Å². The molecule has 0 saturated carbocycles. The fourth-order valence-corrected chi connectivity index (χ4v) is 3.66. The van der Waals surface area contributed by atoms with Crippen LogP contribution in [0, 0.1) is 0 Å². The normalized spacial score (nSPS) is 12.1. The number of ether oxygens (including phenoxy) is 1. The van der Waals surface area contributed by atoms with Crippen LogP contribution in [0.25, 0.3) is 0 Å². The zero-order chi connectivity index (χ0) is 24.9. The molecule has 2 rings (SSSR count). The van der Waals surface area contributed by atoms with Crippen molar-refractivity contribution in [3.8, 4) is 0 Å². The lowest BCUT2D eigenvalue weighted by Gasteiger charge is -2.21. The fraction of sp³-hybridized carbons (Fsp3) is 0.292. The number of alkyl carbamates (subject to hydrolysis) is 1. The van der Waals surface area contributed by atoms with Crippen LogP contribution in [-0.4, -0.2) is 52.3 Å². The number of aliphatic carboxylic acids is 1. The largest absolute Gasteiger partial charge is 0.480 e. The van der Waals surface area contributed by atoms with E-state index in [1.54, 1.807) is 48.5 Å². The summed E-state index contributed by atoms with van der Waals surface area (Å²) in [6.07, 6.45) is -0.283. The minimum absolute atomic E-state index is 0.0105. The first-order valence-corrected chi connectivity index (χ1v) is 11.5. The van der Waals surface area contributed by atoms with Crippen molar-refractivity contribution in [3.05, 3.63) is 71.3 Å². The predicted octanol–water partition coefficient (Wildman–Crippen LogP) is 2.58. The summed E-state index contributed by atoms with van der Waals surface area (Å²) in [6.45, 7) is 1.37. The molecule has 0 spiro atoms. The Morgan fingerprint density at radius 1 is 1.00 bits per heavy atom. The van der Waals surface area contributed by atoms with Crippen molar-refractivity contribution in [1.82, 2.24) is 10.6 Å². The van der Waals surface area contributed by atoms with Gasteiger partial charge in [0.2, 0.25) is 5.91 Å². The molecule has 0 radical (unpaired) electrons. The SMILES string of the molecule is CC(=O)SCC[C@H](NC(=O)OCc1ccccc1)C(=O)N[C@@H](Cc1ccccc1C=O)C(=O)O. The van der Waals surface area contributed by atoms with E-state index < -0.39 is 30.1 Å². The van der Waals surface area contributed by atoms with Crippen LogP contribution in [0.3, 0.4) is 0 Å². The van der Waals surface area contributed by atoms with Crippen LogP contribution in [0.2, 0.25) is 0 Å². The van der Waals surface area contributed by atoms with Crippen molar-refractivity contribution in [3.63, 3.8) is 0 Å². The molecule has 180 valence electrons. The third kappa shape index (κ3) is 9.07. The summed E-state index contributed by atoms with van der Waals surface area (Å²) in [4.78, 5) is 59.4. The molecule has 0 aromatic heterocycles. The van der Waals surface area contributed by atoms with Crippen molar-refractivity contribution in [2.45, 2.75) is 38.5 Å². The molecule has 10 heteroatoms. The molecule has 0 unspecified atom stereocenters. The van der Waals surface area contributed by atoms with Gasteiger partial charge in [-0.1, -0.05) is 66.4 Å². The first kappa shape index (κ1) is 26.6. The summed E-state index contributed by atoms with van der Waals surface area (Å²) in [7, 11) is 0.